The minimum atomic E-state index is -0.297. The van der Waals surface area contributed by atoms with Gasteiger partial charge in [-0.15, -0.1) is 0 Å². The van der Waals surface area contributed by atoms with E-state index in [-0.39, 0.29) is 24.7 Å². The van der Waals surface area contributed by atoms with Crippen LogP contribution in [-0.2, 0) is 11.3 Å². The van der Waals surface area contributed by atoms with E-state index in [0.29, 0.717) is 18.4 Å². The minimum absolute atomic E-state index is 0.132. The van der Waals surface area contributed by atoms with E-state index in [9.17, 15) is 4.79 Å². The van der Waals surface area contributed by atoms with Gasteiger partial charge in [0.25, 0.3) is 0 Å². The zero-order chi connectivity index (χ0) is 21.4. The molecule has 1 saturated carbocycles. The number of amides is 1. The molecular formula is C24H32N2O4. The lowest BCUT2D eigenvalue weighted by atomic mass is 9.76. The van der Waals surface area contributed by atoms with Crippen LogP contribution in [0.4, 0.5) is 0 Å². The number of ether oxygens (including phenoxy) is 2. The summed E-state index contributed by atoms with van der Waals surface area (Å²) in [6.45, 7) is 11.2. The molecule has 0 saturated heterocycles. The molecule has 1 aromatic carbocycles. The number of carbonyl (C=O) groups is 1. The van der Waals surface area contributed by atoms with Crippen LogP contribution in [0.15, 0.2) is 22.7 Å². The highest BCUT2D eigenvalue weighted by molar-refractivity contribution is 5.84. The fourth-order valence-electron chi connectivity index (χ4n) is 5.07. The topological polar surface area (TPSA) is 64.8 Å². The molecule has 1 aliphatic carbocycles. The Hall–Kier alpha value is -2.50. The van der Waals surface area contributed by atoms with Gasteiger partial charge < -0.3 is 18.9 Å². The molecule has 0 radical (unpaired) electrons. The van der Waals surface area contributed by atoms with Gasteiger partial charge in [0.05, 0.1) is 11.6 Å². The maximum absolute atomic E-state index is 13.8. The van der Waals surface area contributed by atoms with Gasteiger partial charge in [-0.1, -0.05) is 37.9 Å². The average molecular weight is 413 g/mol. The normalized spacial score (nSPS) is 24.0. The van der Waals surface area contributed by atoms with Crippen molar-refractivity contribution in [3.63, 3.8) is 0 Å². The summed E-state index contributed by atoms with van der Waals surface area (Å²) < 4.78 is 16.4. The van der Waals surface area contributed by atoms with Crippen molar-refractivity contribution in [3.05, 3.63) is 40.8 Å². The van der Waals surface area contributed by atoms with E-state index in [1.165, 1.54) is 6.42 Å². The second-order valence-corrected chi connectivity index (χ2v) is 8.95. The number of rotatable bonds is 5. The predicted molar refractivity (Wildman–Crippen MR) is 113 cm³/mol. The van der Waals surface area contributed by atoms with Crippen molar-refractivity contribution in [2.75, 3.05) is 6.79 Å². The Labute approximate surface area is 178 Å². The molecule has 6 heteroatoms. The van der Waals surface area contributed by atoms with Gasteiger partial charge in [0.15, 0.2) is 11.5 Å². The largest absolute Gasteiger partial charge is 0.454 e. The molecule has 2 aromatic rings. The van der Waals surface area contributed by atoms with Gasteiger partial charge >= 0.3 is 0 Å². The van der Waals surface area contributed by atoms with Crippen LogP contribution >= 0.6 is 0 Å². The van der Waals surface area contributed by atoms with Crippen LogP contribution in [0.3, 0.4) is 0 Å². The number of fused-ring (bicyclic) bond motifs is 1. The maximum Gasteiger partial charge on any atom is 0.231 e. The van der Waals surface area contributed by atoms with Crippen molar-refractivity contribution < 1.29 is 18.8 Å². The van der Waals surface area contributed by atoms with Gasteiger partial charge in [-0.25, -0.2) is 0 Å². The van der Waals surface area contributed by atoms with Crippen molar-refractivity contribution in [2.45, 2.75) is 72.4 Å². The molecule has 1 fully saturated rings. The van der Waals surface area contributed by atoms with E-state index >= 15 is 0 Å². The Morgan fingerprint density at radius 1 is 1.20 bits per heavy atom. The van der Waals surface area contributed by atoms with E-state index in [0.717, 1.165) is 46.9 Å². The molecule has 0 unspecified atom stereocenters. The lowest BCUT2D eigenvalue weighted by Crippen LogP contribution is -2.48. The molecule has 30 heavy (non-hydrogen) atoms. The fraction of sp³-hybridized carbons (Fsp3) is 0.583. The monoisotopic (exact) mass is 412 g/mol. The smallest absolute Gasteiger partial charge is 0.231 e. The Kier molecular flexibility index (Phi) is 5.76. The zero-order valence-electron chi connectivity index (χ0n) is 18.6. The summed E-state index contributed by atoms with van der Waals surface area (Å²) in [6, 6.07) is 6.19. The molecule has 0 bridgehead atoms. The number of carbonyl (C=O) groups excluding carboxylic acids is 1. The Morgan fingerprint density at radius 2 is 1.97 bits per heavy atom. The first-order chi connectivity index (χ1) is 14.4. The van der Waals surface area contributed by atoms with Crippen LogP contribution < -0.4 is 9.47 Å². The standard InChI is InChI=1S/C24H32N2O4/c1-14-7-6-8-20(15(14)2)26(12-19-9-10-21-22(11-19)29-13-28-21)24(27)16(3)23-17(4)25-30-18(23)5/h9-11,14-16,20H,6-8,12-13H2,1-5H3/t14-,15-,16-,20+/m0/s1. The zero-order valence-corrected chi connectivity index (χ0v) is 18.6. The predicted octanol–water partition coefficient (Wildman–Crippen LogP) is 4.98. The van der Waals surface area contributed by atoms with Crippen LogP contribution in [-0.4, -0.2) is 28.8 Å². The average Bonchev–Trinajstić information content (AvgIpc) is 3.33. The van der Waals surface area contributed by atoms with Crippen molar-refractivity contribution in [1.29, 1.82) is 0 Å². The van der Waals surface area contributed by atoms with E-state index in [1.54, 1.807) is 0 Å². The third-order valence-corrected chi connectivity index (χ3v) is 7.03. The molecule has 2 aliphatic rings. The molecule has 1 amide bonds. The van der Waals surface area contributed by atoms with Gasteiger partial charge in [-0.3, -0.25) is 4.79 Å². The molecule has 162 valence electrons. The van der Waals surface area contributed by atoms with Gasteiger partial charge in [0.2, 0.25) is 12.7 Å². The highest BCUT2D eigenvalue weighted by Crippen LogP contribution is 2.37. The Bertz CT molecular complexity index is 902. The van der Waals surface area contributed by atoms with E-state index in [1.807, 2.05) is 39.0 Å². The first-order valence-corrected chi connectivity index (χ1v) is 11.0. The van der Waals surface area contributed by atoms with Crippen LogP contribution in [0, 0.1) is 25.7 Å². The second kappa shape index (κ2) is 8.32. The number of nitrogens with zero attached hydrogens (tertiary/aromatic N) is 2. The third-order valence-electron chi connectivity index (χ3n) is 7.03. The lowest BCUT2D eigenvalue weighted by molar-refractivity contribution is -0.138. The van der Waals surface area contributed by atoms with Crippen molar-refractivity contribution in [3.8, 4) is 11.5 Å². The summed E-state index contributed by atoms with van der Waals surface area (Å²) in [5.74, 6) is 3.13. The maximum atomic E-state index is 13.8. The lowest BCUT2D eigenvalue weighted by Gasteiger charge is -2.42. The summed E-state index contributed by atoms with van der Waals surface area (Å²) >= 11 is 0. The van der Waals surface area contributed by atoms with Gasteiger partial charge in [0.1, 0.15) is 5.76 Å². The second-order valence-electron chi connectivity index (χ2n) is 8.95. The summed E-state index contributed by atoms with van der Waals surface area (Å²) in [7, 11) is 0. The number of benzene rings is 1. The highest BCUT2D eigenvalue weighted by atomic mass is 16.7. The Balaban J connectivity index is 1.65. The number of aryl methyl sites for hydroxylation is 2. The van der Waals surface area contributed by atoms with Crippen LogP contribution in [0.5, 0.6) is 11.5 Å². The van der Waals surface area contributed by atoms with Gasteiger partial charge in [0, 0.05) is 18.2 Å². The number of hydrogen-bond acceptors (Lipinski definition) is 5. The first kappa shape index (κ1) is 20.8. The van der Waals surface area contributed by atoms with Crippen LogP contribution in [0.1, 0.15) is 68.5 Å². The summed E-state index contributed by atoms with van der Waals surface area (Å²) in [4.78, 5) is 15.9. The summed E-state index contributed by atoms with van der Waals surface area (Å²) in [5.41, 5.74) is 2.76. The van der Waals surface area contributed by atoms with E-state index in [4.69, 9.17) is 14.0 Å². The van der Waals surface area contributed by atoms with Gasteiger partial charge in [-0.05, 0) is 56.7 Å². The molecule has 1 aromatic heterocycles. The molecule has 4 atom stereocenters. The van der Waals surface area contributed by atoms with Crippen molar-refractivity contribution in [1.82, 2.24) is 10.1 Å². The van der Waals surface area contributed by atoms with Crippen molar-refractivity contribution >= 4 is 5.91 Å². The van der Waals surface area contributed by atoms with Gasteiger partial charge in [-0.2, -0.15) is 0 Å². The first-order valence-electron chi connectivity index (χ1n) is 11.0. The number of hydrogen-bond donors (Lipinski definition) is 0. The molecule has 1 aliphatic heterocycles. The fourth-order valence-corrected chi connectivity index (χ4v) is 5.07. The quantitative estimate of drug-likeness (QED) is 0.693. The Morgan fingerprint density at radius 3 is 2.70 bits per heavy atom. The summed E-state index contributed by atoms with van der Waals surface area (Å²) in [5, 5.41) is 4.07. The third kappa shape index (κ3) is 3.80. The highest BCUT2D eigenvalue weighted by Gasteiger charge is 2.37. The minimum Gasteiger partial charge on any atom is -0.454 e. The molecular weight excluding hydrogens is 380 g/mol. The van der Waals surface area contributed by atoms with Crippen LogP contribution in [0.2, 0.25) is 0 Å². The van der Waals surface area contributed by atoms with Crippen molar-refractivity contribution in [2.24, 2.45) is 11.8 Å². The molecule has 2 heterocycles. The van der Waals surface area contributed by atoms with Crippen LogP contribution in [0.25, 0.3) is 0 Å². The molecule has 0 spiro atoms. The van der Waals surface area contributed by atoms with E-state index < -0.39 is 0 Å². The molecule has 6 nitrogen and oxygen atoms in total. The molecule has 4 rings (SSSR count). The SMILES string of the molecule is Cc1noc(C)c1[C@H](C)C(=O)N(Cc1ccc2c(c1)OCO2)[C@@H]1CCC[C@H](C)[C@@H]1C. The summed E-state index contributed by atoms with van der Waals surface area (Å²) in [6.07, 6.45) is 3.42. The number of aromatic nitrogens is 1. The molecule has 0 N–H and O–H groups in total. The van der Waals surface area contributed by atoms with E-state index in [2.05, 4.69) is 23.9 Å².